The van der Waals surface area contributed by atoms with Crippen LogP contribution in [-0.2, 0) is 28.5 Å². The largest absolute Gasteiger partial charge is 0.463 e. The van der Waals surface area contributed by atoms with Crippen LogP contribution in [0.1, 0.15) is 27.7 Å². The summed E-state index contributed by atoms with van der Waals surface area (Å²) in [5.74, 6) is -1.30. The van der Waals surface area contributed by atoms with Crippen molar-refractivity contribution in [1.82, 2.24) is 0 Å². The maximum Gasteiger partial charge on any atom is 0.303 e. The summed E-state index contributed by atoms with van der Waals surface area (Å²) in [6, 6.07) is 0. The molecule has 0 aromatic heterocycles. The highest BCUT2D eigenvalue weighted by atomic mass is 16.7. The number of hydrogen-bond acceptors (Lipinski definition) is 7. The lowest BCUT2D eigenvalue weighted by molar-refractivity contribution is -0.284. The Balaban J connectivity index is 2.79. The van der Waals surface area contributed by atoms with Crippen LogP contribution in [0.4, 0.5) is 0 Å². The van der Waals surface area contributed by atoms with Crippen LogP contribution < -0.4 is 0 Å². The Labute approximate surface area is 118 Å². The Bertz CT molecular complexity index is 344. The predicted molar refractivity (Wildman–Crippen MR) is 67.6 cm³/mol. The minimum absolute atomic E-state index is 0.120. The SMILES string of the molecule is CCOC1OC(COC(C)=O)[C@@H](O)C(OC(C)=O)C1C. The smallest absolute Gasteiger partial charge is 0.303 e. The molecule has 4 unspecified atom stereocenters. The third-order valence-electron chi connectivity index (χ3n) is 3.06. The molecule has 0 amide bonds. The fourth-order valence-electron chi connectivity index (χ4n) is 2.12. The molecule has 0 aromatic carbocycles. The highest BCUT2D eigenvalue weighted by Crippen LogP contribution is 2.29. The zero-order chi connectivity index (χ0) is 15.3. The highest BCUT2D eigenvalue weighted by Gasteiger charge is 2.45. The second kappa shape index (κ2) is 7.56. The summed E-state index contributed by atoms with van der Waals surface area (Å²) in [4.78, 5) is 22.0. The van der Waals surface area contributed by atoms with E-state index in [-0.39, 0.29) is 12.5 Å². The number of aliphatic hydroxyl groups excluding tert-OH is 1. The summed E-state index contributed by atoms with van der Waals surface area (Å²) >= 11 is 0. The normalized spacial score (nSPS) is 33.5. The van der Waals surface area contributed by atoms with Gasteiger partial charge in [0.1, 0.15) is 24.9 Å². The van der Waals surface area contributed by atoms with Crippen molar-refractivity contribution in [2.24, 2.45) is 5.92 Å². The van der Waals surface area contributed by atoms with E-state index >= 15 is 0 Å². The van der Waals surface area contributed by atoms with Gasteiger partial charge in [-0.25, -0.2) is 0 Å². The fourth-order valence-corrected chi connectivity index (χ4v) is 2.12. The first-order valence-corrected chi connectivity index (χ1v) is 6.62. The van der Waals surface area contributed by atoms with Gasteiger partial charge in [-0.3, -0.25) is 9.59 Å². The molecule has 7 nitrogen and oxygen atoms in total. The molecule has 1 saturated heterocycles. The molecular weight excluding hydrogens is 268 g/mol. The molecule has 0 bridgehead atoms. The molecule has 1 rings (SSSR count). The van der Waals surface area contributed by atoms with Crippen LogP contribution in [0.5, 0.6) is 0 Å². The van der Waals surface area contributed by atoms with Gasteiger partial charge in [-0.1, -0.05) is 6.92 Å². The molecular formula is C13H22O7. The molecule has 0 saturated carbocycles. The van der Waals surface area contributed by atoms with E-state index in [0.717, 1.165) is 0 Å². The molecule has 1 fully saturated rings. The molecule has 0 spiro atoms. The molecule has 116 valence electrons. The Morgan fingerprint density at radius 1 is 1.25 bits per heavy atom. The molecule has 1 aliphatic rings. The van der Waals surface area contributed by atoms with Crippen LogP contribution in [0.2, 0.25) is 0 Å². The fraction of sp³-hybridized carbons (Fsp3) is 0.846. The number of hydrogen-bond donors (Lipinski definition) is 1. The number of esters is 2. The quantitative estimate of drug-likeness (QED) is 0.725. The van der Waals surface area contributed by atoms with Crippen LogP contribution in [0.3, 0.4) is 0 Å². The molecule has 5 atom stereocenters. The number of ether oxygens (including phenoxy) is 4. The second-order valence-electron chi connectivity index (χ2n) is 4.72. The lowest BCUT2D eigenvalue weighted by Crippen LogP contribution is -2.57. The van der Waals surface area contributed by atoms with Crippen molar-refractivity contribution in [1.29, 1.82) is 0 Å². The van der Waals surface area contributed by atoms with Crippen molar-refractivity contribution < 1.29 is 33.6 Å². The average Bonchev–Trinajstić information content (AvgIpc) is 2.36. The zero-order valence-corrected chi connectivity index (χ0v) is 12.2. The first-order chi connectivity index (χ1) is 9.36. The highest BCUT2D eigenvalue weighted by molar-refractivity contribution is 5.66. The standard InChI is InChI=1S/C13H22O7/c1-5-17-13-7(2)12(19-9(4)15)11(16)10(20-13)6-18-8(3)14/h7,10-13,16H,5-6H2,1-4H3/t7?,10?,11-,12?,13?/m1/s1. The van der Waals surface area contributed by atoms with Gasteiger partial charge < -0.3 is 24.1 Å². The molecule has 1 heterocycles. The number of carbonyl (C=O) groups excluding carboxylic acids is 2. The first-order valence-electron chi connectivity index (χ1n) is 6.62. The van der Waals surface area contributed by atoms with Gasteiger partial charge in [0.05, 0.1) is 0 Å². The van der Waals surface area contributed by atoms with Gasteiger partial charge in [-0.15, -0.1) is 0 Å². The van der Waals surface area contributed by atoms with Crippen LogP contribution in [0.15, 0.2) is 0 Å². The van der Waals surface area contributed by atoms with E-state index in [1.807, 2.05) is 6.92 Å². The van der Waals surface area contributed by atoms with Gasteiger partial charge in [0.25, 0.3) is 0 Å². The van der Waals surface area contributed by atoms with E-state index in [4.69, 9.17) is 18.9 Å². The van der Waals surface area contributed by atoms with Crippen LogP contribution >= 0.6 is 0 Å². The van der Waals surface area contributed by atoms with E-state index in [0.29, 0.717) is 6.61 Å². The minimum atomic E-state index is -1.08. The van der Waals surface area contributed by atoms with E-state index in [1.54, 1.807) is 6.92 Å². The second-order valence-corrected chi connectivity index (χ2v) is 4.72. The zero-order valence-electron chi connectivity index (χ0n) is 12.2. The summed E-state index contributed by atoms with van der Waals surface area (Å²) in [7, 11) is 0. The Kier molecular flexibility index (Phi) is 6.38. The van der Waals surface area contributed by atoms with Gasteiger partial charge in [-0.05, 0) is 6.92 Å². The third-order valence-corrected chi connectivity index (χ3v) is 3.06. The number of carbonyl (C=O) groups is 2. The van der Waals surface area contributed by atoms with Crippen LogP contribution in [-0.4, -0.2) is 54.9 Å². The van der Waals surface area contributed by atoms with Crippen LogP contribution in [0, 0.1) is 5.92 Å². The minimum Gasteiger partial charge on any atom is -0.463 e. The van der Waals surface area contributed by atoms with Crippen molar-refractivity contribution in [2.45, 2.75) is 52.3 Å². The summed E-state index contributed by atoms with van der Waals surface area (Å²) in [6.07, 6.45) is -3.27. The topological polar surface area (TPSA) is 91.3 Å². The number of rotatable bonds is 5. The van der Waals surface area contributed by atoms with Crippen molar-refractivity contribution in [2.75, 3.05) is 13.2 Å². The predicted octanol–water partition coefficient (Wildman–Crippen LogP) is 0.240. The Morgan fingerprint density at radius 2 is 1.90 bits per heavy atom. The van der Waals surface area contributed by atoms with E-state index in [2.05, 4.69) is 0 Å². The molecule has 1 N–H and O–H groups in total. The van der Waals surface area contributed by atoms with Gasteiger partial charge >= 0.3 is 11.9 Å². The summed E-state index contributed by atoms with van der Waals surface area (Å²) in [5.41, 5.74) is 0. The maximum absolute atomic E-state index is 11.1. The van der Waals surface area contributed by atoms with E-state index in [9.17, 15) is 14.7 Å². The Hall–Kier alpha value is -1.18. The van der Waals surface area contributed by atoms with Gasteiger partial charge in [0.2, 0.25) is 0 Å². The van der Waals surface area contributed by atoms with Gasteiger partial charge in [0, 0.05) is 26.4 Å². The molecule has 20 heavy (non-hydrogen) atoms. The van der Waals surface area contributed by atoms with Gasteiger partial charge in [-0.2, -0.15) is 0 Å². The Morgan fingerprint density at radius 3 is 2.40 bits per heavy atom. The molecule has 0 aliphatic carbocycles. The van der Waals surface area contributed by atoms with Crippen molar-refractivity contribution in [3.63, 3.8) is 0 Å². The monoisotopic (exact) mass is 290 g/mol. The summed E-state index contributed by atoms with van der Waals surface area (Å²) in [6.45, 7) is 6.40. The summed E-state index contributed by atoms with van der Waals surface area (Å²) < 4.78 is 21.0. The van der Waals surface area contributed by atoms with E-state index < -0.39 is 36.5 Å². The van der Waals surface area contributed by atoms with Gasteiger partial charge in [0.15, 0.2) is 6.29 Å². The average molecular weight is 290 g/mol. The molecule has 0 radical (unpaired) electrons. The van der Waals surface area contributed by atoms with Crippen molar-refractivity contribution >= 4 is 11.9 Å². The lowest BCUT2D eigenvalue weighted by Gasteiger charge is -2.42. The first kappa shape index (κ1) is 16.9. The third kappa shape index (κ3) is 4.43. The molecule has 0 aromatic rings. The lowest BCUT2D eigenvalue weighted by atomic mass is 9.92. The van der Waals surface area contributed by atoms with Crippen molar-refractivity contribution in [3.8, 4) is 0 Å². The van der Waals surface area contributed by atoms with Crippen molar-refractivity contribution in [3.05, 3.63) is 0 Å². The van der Waals surface area contributed by atoms with Crippen LogP contribution in [0.25, 0.3) is 0 Å². The summed E-state index contributed by atoms with van der Waals surface area (Å²) in [5, 5.41) is 10.2. The molecule has 7 heteroatoms. The maximum atomic E-state index is 11.1. The molecule has 1 aliphatic heterocycles. The van der Waals surface area contributed by atoms with E-state index in [1.165, 1.54) is 13.8 Å². The number of aliphatic hydroxyl groups is 1.